The molecule has 1 rings (SSSR count). The van der Waals surface area contributed by atoms with E-state index in [1.54, 1.807) is 17.5 Å². The Morgan fingerprint density at radius 1 is 1.62 bits per heavy atom. The molecule has 72 valence electrons. The lowest BCUT2D eigenvalue weighted by Crippen LogP contribution is -2.28. The summed E-state index contributed by atoms with van der Waals surface area (Å²) in [4.78, 5) is 11.8. The molecule has 1 atom stereocenters. The first-order valence-electron chi connectivity index (χ1n) is 3.88. The van der Waals surface area contributed by atoms with Crippen molar-refractivity contribution in [2.45, 2.75) is 19.8 Å². The first kappa shape index (κ1) is 10.3. The van der Waals surface area contributed by atoms with Crippen molar-refractivity contribution in [1.82, 2.24) is 0 Å². The zero-order valence-electron chi connectivity index (χ0n) is 7.38. The van der Waals surface area contributed by atoms with E-state index in [9.17, 15) is 13.6 Å². The van der Waals surface area contributed by atoms with E-state index in [1.807, 2.05) is 0 Å². The van der Waals surface area contributed by atoms with Gasteiger partial charge >= 0.3 is 0 Å². The fourth-order valence-electron chi connectivity index (χ4n) is 0.862. The van der Waals surface area contributed by atoms with Gasteiger partial charge in [0.2, 0.25) is 0 Å². The Hall–Kier alpha value is -0.770. The van der Waals surface area contributed by atoms with E-state index < -0.39 is 17.6 Å². The zero-order chi connectivity index (χ0) is 10.1. The number of carbonyl (C=O) groups is 1. The molecule has 4 heteroatoms. The molecule has 0 amide bonds. The average molecular weight is 204 g/mol. The number of halogens is 2. The molecule has 1 nitrogen and oxygen atoms in total. The van der Waals surface area contributed by atoms with Gasteiger partial charge < -0.3 is 0 Å². The summed E-state index contributed by atoms with van der Waals surface area (Å²) >= 11 is 1.19. The highest BCUT2D eigenvalue weighted by Crippen LogP contribution is 2.27. The van der Waals surface area contributed by atoms with Crippen LogP contribution in [-0.4, -0.2) is 11.7 Å². The topological polar surface area (TPSA) is 17.1 Å². The largest absolute Gasteiger partial charge is 0.293 e. The molecule has 0 aliphatic carbocycles. The van der Waals surface area contributed by atoms with Crippen molar-refractivity contribution in [2.75, 3.05) is 0 Å². The lowest BCUT2D eigenvalue weighted by molar-refractivity contribution is -0.0220. The zero-order valence-corrected chi connectivity index (χ0v) is 8.20. The lowest BCUT2D eigenvalue weighted by atomic mass is 9.99. The summed E-state index contributed by atoms with van der Waals surface area (Å²) in [6.45, 7) is 2.02. The summed E-state index contributed by atoms with van der Waals surface area (Å²) in [6, 6.07) is 3.24. The molecule has 0 N–H and O–H groups in total. The molecular weight excluding hydrogens is 194 g/mol. The maximum atomic E-state index is 12.7. The van der Waals surface area contributed by atoms with Crippen molar-refractivity contribution in [3.63, 3.8) is 0 Å². The Morgan fingerprint density at radius 3 is 2.62 bits per heavy atom. The first-order chi connectivity index (χ1) is 5.93. The van der Waals surface area contributed by atoms with Crippen molar-refractivity contribution in [3.8, 4) is 0 Å². The van der Waals surface area contributed by atoms with Gasteiger partial charge in [-0.25, -0.2) is 8.78 Å². The second-order valence-corrected chi connectivity index (χ2v) is 3.97. The maximum Gasteiger partial charge on any atom is 0.255 e. The molecule has 0 bridgehead atoms. The molecule has 0 saturated heterocycles. The van der Waals surface area contributed by atoms with Crippen molar-refractivity contribution < 1.29 is 13.6 Å². The van der Waals surface area contributed by atoms with Gasteiger partial charge in [0, 0.05) is 6.92 Å². The van der Waals surface area contributed by atoms with Gasteiger partial charge in [-0.05, 0) is 18.4 Å². The molecule has 0 saturated carbocycles. The normalized spacial score (nSPS) is 14.2. The minimum atomic E-state index is -2.94. The van der Waals surface area contributed by atoms with Crippen molar-refractivity contribution in [3.05, 3.63) is 22.4 Å². The van der Waals surface area contributed by atoms with Crippen molar-refractivity contribution >= 4 is 17.1 Å². The number of thiophene rings is 1. The van der Waals surface area contributed by atoms with Gasteiger partial charge in [0.1, 0.15) is 0 Å². The minimum absolute atomic E-state index is 0.397. The Kier molecular flexibility index (Phi) is 2.81. The average Bonchev–Trinajstić information content (AvgIpc) is 2.51. The second-order valence-electron chi connectivity index (χ2n) is 3.02. The van der Waals surface area contributed by atoms with E-state index in [2.05, 4.69) is 0 Å². The van der Waals surface area contributed by atoms with Crippen molar-refractivity contribution in [2.24, 2.45) is 5.92 Å². The molecule has 13 heavy (non-hydrogen) atoms. The van der Waals surface area contributed by atoms with Gasteiger partial charge in [-0.3, -0.25) is 4.79 Å². The Bertz CT molecular complexity index is 287. The van der Waals surface area contributed by atoms with Crippen LogP contribution in [0.15, 0.2) is 17.5 Å². The lowest BCUT2D eigenvalue weighted by Gasteiger charge is -2.16. The second kappa shape index (κ2) is 3.54. The van der Waals surface area contributed by atoms with E-state index in [-0.39, 0.29) is 0 Å². The monoisotopic (exact) mass is 204 g/mol. The molecule has 1 unspecified atom stereocenters. The SMILES string of the molecule is CC(C(=O)c1cccs1)C(C)(F)F. The minimum Gasteiger partial charge on any atom is -0.293 e. The summed E-state index contributed by atoms with van der Waals surface area (Å²) in [5, 5.41) is 1.70. The van der Waals surface area contributed by atoms with Crippen LogP contribution in [0.5, 0.6) is 0 Å². The van der Waals surface area contributed by atoms with Gasteiger partial charge in [-0.1, -0.05) is 6.07 Å². The molecule has 1 heterocycles. The fourth-order valence-corrected chi connectivity index (χ4v) is 1.62. The molecule has 0 radical (unpaired) electrons. The summed E-state index contributed by atoms with van der Waals surface area (Å²) in [5.41, 5.74) is 0. The van der Waals surface area contributed by atoms with Crippen LogP contribution in [-0.2, 0) is 0 Å². The van der Waals surface area contributed by atoms with E-state index in [4.69, 9.17) is 0 Å². The number of alkyl halides is 2. The Balaban J connectivity index is 2.81. The fraction of sp³-hybridized carbons (Fsp3) is 0.444. The molecule has 1 aromatic rings. The molecule has 0 aliphatic rings. The third-order valence-corrected chi connectivity index (χ3v) is 2.80. The van der Waals surface area contributed by atoms with Crippen LogP contribution >= 0.6 is 11.3 Å². The number of hydrogen-bond acceptors (Lipinski definition) is 2. The Labute approximate surface area is 79.4 Å². The van der Waals surface area contributed by atoms with Crippen LogP contribution in [0.2, 0.25) is 0 Å². The van der Waals surface area contributed by atoms with Gasteiger partial charge in [0.05, 0.1) is 10.8 Å². The van der Waals surface area contributed by atoms with Crippen LogP contribution in [0, 0.1) is 5.92 Å². The number of carbonyl (C=O) groups excluding carboxylic acids is 1. The van der Waals surface area contributed by atoms with Crippen LogP contribution in [0.4, 0.5) is 8.78 Å². The van der Waals surface area contributed by atoms with E-state index in [0.29, 0.717) is 4.88 Å². The van der Waals surface area contributed by atoms with Crippen LogP contribution < -0.4 is 0 Å². The van der Waals surface area contributed by atoms with Crippen LogP contribution in [0.3, 0.4) is 0 Å². The van der Waals surface area contributed by atoms with Gasteiger partial charge in [-0.2, -0.15) is 0 Å². The maximum absolute atomic E-state index is 12.7. The molecule has 0 aromatic carbocycles. The van der Waals surface area contributed by atoms with Crippen molar-refractivity contribution in [1.29, 1.82) is 0 Å². The summed E-state index contributed by atoms with van der Waals surface area (Å²) < 4.78 is 25.5. The standard InChI is InChI=1S/C9H10F2OS/c1-6(9(2,10)11)8(12)7-4-3-5-13-7/h3-6H,1-2H3. The predicted octanol–water partition coefficient (Wildman–Crippen LogP) is 3.22. The molecule has 0 spiro atoms. The van der Waals surface area contributed by atoms with Crippen LogP contribution in [0.1, 0.15) is 23.5 Å². The first-order valence-corrected chi connectivity index (χ1v) is 4.76. The molecule has 0 fully saturated rings. The van der Waals surface area contributed by atoms with Crippen LogP contribution in [0.25, 0.3) is 0 Å². The molecule has 1 aromatic heterocycles. The molecule has 0 aliphatic heterocycles. The van der Waals surface area contributed by atoms with Gasteiger partial charge in [0.25, 0.3) is 5.92 Å². The summed E-state index contributed by atoms with van der Waals surface area (Å²) in [7, 11) is 0. The number of rotatable bonds is 3. The number of hydrogen-bond donors (Lipinski definition) is 0. The number of Topliss-reactive ketones (excluding diaryl/α,β-unsaturated/α-hetero) is 1. The summed E-state index contributed by atoms with van der Waals surface area (Å²) in [5.74, 6) is -4.67. The highest BCUT2D eigenvalue weighted by atomic mass is 32.1. The highest BCUT2D eigenvalue weighted by molar-refractivity contribution is 7.12. The van der Waals surface area contributed by atoms with E-state index in [1.165, 1.54) is 18.3 Å². The quantitative estimate of drug-likeness (QED) is 0.691. The van der Waals surface area contributed by atoms with Gasteiger partial charge in [-0.15, -0.1) is 11.3 Å². The third kappa shape index (κ3) is 2.34. The number of ketones is 1. The smallest absolute Gasteiger partial charge is 0.255 e. The Morgan fingerprint density at radius 2 is 2.23 bits per heavy atom. The van der Waals surface area contributed by atoms with E-state index in [0.717, 1.165) is 6.92 Å². The summed E-state index contributed by atoms with van der Waals surface area (Å²) in [6.07, 6.45) is 0. The predicted molar refractivity (Wildman–Crippen MR) is 48.4 cm³/mol. The molecular formula is C9H10F2OS. The van der Waals surface area contributed by atoms with E-state index >= 15 is 0 Å². The third-order valence-electron chi connectivity index (χ3n) is 1.92. The highest BCUT2D eigenvalue weighted by Gasteiger charge is 2.36. The van der Waals surface area contributed by atoms with Gasteiger partial charge in [0.15, 0.2) is 5.78 Å².